The molecule has 2 aromatic rings. The normalized spacial score (nSPS) is 10.1. The van der Waals surface area contributed by atoms with Crippen LogP contribution < -0.4 is 0 Å². The fourth-order valence-electron chi connectivity index (χ4n) is 1.35. The van der Waals surface area contributed by atoms with Crippen molar-refractivity contribution >= 4 is 23.4 Å². The van der Waals surface area contributed by atoms with Gasteiger partial charge in [-0.2, -0.15) is 5.26 Å². The molecule has 0 aliphatic heterocycles. The summed E-state index contributed by atoms with van der Waals surface area (Å²) in [6.07, 6.45) is 1.57. The number of hydrogen-bond donors (Lipinski definition) is 0. The SMILES string of the molecule is N#Cc1ccnc(SCc2ccc(Cl)cc2F)c1. The monoisotopic (exact) mass is 278 g/mol. The molecule has 90 valence electrons. The van der Waals surface area contributed by atoms with E-state index in [-0.39, 0.29) is 5.82 Å². The molecule has 2 nitrogen and oxygen atoms in total. The molecule has 0 radical (unpaired) electrons. The summed E-state index contributed by atoms with van der Waals surface area (Å²) < 4.78 is 13.5. The Hall–Kier alpha value is -1.57. The topological polar surface area (TPSA) is 36.7 Å². The van der Waals surface area contributed by atoms with Crippen molar-refractivity contribution in [2.45, 2.75) is 10.8 Å². The van der Waals surface area contributed by atoms with Gasteiger partial charge in [-0.25, -0.2) is 9.37 Å². The van der Waals surface area contributed by atoms with Crippen LogP contribution in [-0.2, 0) is 5.75 Å². The van der Waals surface area contributed by atoms with E-state index in [1.54, 1.807) is 30.5 Å². The zero-order chi connectivity index (χ0) is 13.0. The van der Waals surface area contributed by atoms with Crippen LogP contribution >= 0.6 is 23.4 Å². The fraction of sp³-hybridized carbons (Fsp3) is 0.0769. The largest absolute Gasteiger partial charge is 0.250 e. The van der Waals surface area contributed by atoms with E-state index in [9.17, 15) is 4.39 Å². The number of aromatic nitrogens is 1. The van der Waals surface area contributed by atoms with Gasteiger partial charge >= 0.3 is 0 Å². The van der Waals surface area contributed by atoms with Crippen molar-refractivity contribution in [2.24, 2.45) is 0 Å². The van der Waals surface area contributed by atoms with Gasteiger partial charge in [-0.1, -0.05) is 17.7 Å². The molecular formula is C13H8ClFN2S. The summed E-state index contributed by atoms with van der Waals surface area (Å²) in [6.45, 7) is 0. The van der Waals surface area contributed by atoms with Crippen molar-refractivity contribution in [2.75, 3.05) is 0 Å². The molecule has 0 aliphatic carbocycles. The number of halogens is 2. The molecule has 0 N–H and O–H groups in total. The third-order valence-electron chi connectivity index (χ3n) is 2.25. The van der Waals surface area contributed by atoms with Gasteiger partial charge in [0.25, 0.3) is 0 Å². The standard InChI is InChI=1S/C13H8ClFN2S/c14-11-2-1-10(12(15)6-11)8-18-13-5-9(7-16)3-4-17-13/h1-6H,8H2. The van der Waals surface area contributed by atoms with Crippen molar-refractivity contribution < 1.29 is 4.39 Å². The summed E-state index contributed by atoms with van der Waals surface area (Å²) in [5.74, 6) is 0.122. The molecular weight excluding hydrogens is 271 g/mol. The molecule has 5 heteroatoms. The average molecular weight is 279 g/mol. The van der Waals surface area contributed by atoms with E-state index in [0.717, 1.165) is 0 Å². The molecule has 1 aromatic carbocycles. The zero-order valence-corrected chi connectivity index (χ0v) is 10.8. The van der Waals surface area contributed by atoms with E-state index >= 15 is 0 Å². The average Bonchev–Trinajstić information content (AvgIpc) is 2.38. The molecule has 0 fully saturated rings. The number of pyridine rings is 1. The molecule has 0 unspecified atom stereocenters. The van der Waals surface area contributed by atoms with Crippen LogP contribution in [0.15, 0.2) is 41.6 Å². The summed E-state index contributed by atoms with van der Waals surface area (Å²) in [4.78, 5) is 4.11. The van der Waals surface area contributed by atoms with Gasteiger partial charge in [0.15, 0.2) is 0 Å². The molecule has 1 heterocycles. The summed E-state index contributed by atoms with van der Waals surface area (Å²) in [6, 6.07) is 9.94. The van der Waals surface area contributed by atoms with Crippen molar-refractivity contribution in [1.29, 1.82) is 5.26 Å². The number of benzene rings is 1. The van der Waals surface area contributed by atoms with E-state index in [1.165, 1.54) is 17.8 Å². The summed E-state index contributed by atoms with van der Waals surface area (Å²) >= 11 is 7.06. The number of thioether (sulfide) groups is 1. The van der Waals surface area contributed by atoms with Gasteiger partial charge in [0.1, 0.15) is 5.82 Å². The lowest BCUT2D eigenvalue weighted by Crippen LogP contribution is -1.88. The van der Waals surface area contributed by atoms with Crippen LogP contribution in [0.5, 0.6) is 0 Å². The highest BCUT2D eigenvalue weighted by Crippen LogP contribution is 2.24. The minimum absolute atomic E-state index is 0.327. The Balaban J connectivity index is 2.09. The van der Waals surface area contributed by atoms with Crippen LogP contribution in [0.4, 0.5) is 4.39 Å². The maximum absolute atomic E-state index is 13.5. The molecule has 0 saturated heterocycles. The molecule has 0 spiro atoms. The molecule has 0 aliphatic rings. The smallest absolute Gasteiger partial charge is 0.128 e. The van der Waals surface area contributed by atoms with Crippen LogP contribution in [0.25, 0.3) is 0 Å². The number of nitriles is 1. The van der Waals surface area contributed by atoms with Gasteiger partial charge in [0.05, 0.1) is 16.7 Å². The van der Waals surface area contributed by atoms with Crippen molar-refractivity contribution in [3.63, 3.8) is 0 Å². The van der Waals surface area contributed by atoms with Crippen molar-refractivity contribution in [3.05, 3.63) is 58.5 Å². The van der Waals surface area contributed by atoms with Gasteiger partial charge in [0, 0.05) is 17.0 Å². The zero-order valence-electron chi connectivity index (χ0n) is 9.23. The predicted octanol–water partition coefficient (Wildman–Crippen LogP) is 4.04. The molecule has 0 saturated carbocycles. The Morgan fingerprint density at radius 1 is 1.33 bits per heavy atom. The third kappa shape index (κ3) is 3.22. The van der Waals surface area contributed by atoms with Gasteiger partial charge in [0.2, 0.25) is 0 Å². The van der Waals surface area contributed by atoms with Gasteiger partial charge in [-0.3, -0.25) is 0 Å². The first-order valence-electron chi connectivity index (χ1n) is 5.12. The highest BCUT2D eigenvalue weighted by Gasteiger charge is 2.05. The molecule has 0 amide bonds. The minimum Gasteiger partial charge on any atom is -0.250 e. The quantitative estimate of drug-likeness (QED) is 0.795. The van der Waals surface area contributed by atoms with Crippen LogP contribution in [0.1, 0.15) is 11.1 Å². The lowest BCUT2D eigenvalue weighted by molar-refractivity contribution is 0.617. The van der Waals surface area contributed by atoms with E-state index < -0.39 is 0 Å². The molecule has 1 aromatic heterocycles. The number of rotatable bonds is 3. The maximum Gasteiger partial charge on any atom is 0.128 e. The summed E-state index contributed by atoms with van der Waals surface area (Å²) in [7, 11) is 0. The van der Waals surface area contributed by atoms with Crippen LogP contribution in [0.3, 0.4) is 0 Å². The first-order valence-corrected chi connectivity index (χ1v) is 6.48. The first-order chi connectivity index (χ1) is 8.69. The summed E-state index contributed by atoms with van der Waals surface area (Å²) in [5, 5.41) is 9.84. The third-order valence-corrected chi connectivity index (χ3v) is 3.46. The van der Waals surface area contributed by atoms with E-state index in [1.807, 2.05) is 6.07 Å². The summed E-state index contributed by atoms with van der Waals surface area (Å²) in [5.41, 5.74) is 1.11. The van der Waals surface area contributed by atoms with E-state index in [0.29, 0.717) is 26.9 Å². The lowest BCUT2D eigenvalue weighted by Gasteiger charge is -2.03. The highest BCUT2D eigenvalue weighted by atomic mass is 35.5. The molecule has 0 bridgehead atoms. The van der Waals surface area contributed by atoms with Crippen molar-refractivity contribution in [1.82, 2.24) is 4.98 Å². The fourth-order valence-corrected chi connectivity index (χ4v) is 2.39. The van der Waals surface area contributed by atoms with Crippen molar-refractivity contribution in [3.8, 4) is 6.07 Å². The molecule has 0 atom stereocenters. The molecule has 2 rings (SSSR count). The number of hydrogen-bond acceptors (Lipinski definition) is 3. The lowest BCUT2D eigenvalue weighted by atomic mass is 10.2. The van der Waals surface area contributed by atoms with E-state index in [2.05, 4.69) is 4.98 Å². The Morgan fingerprint density at radius 2 is 2.17 bits per heavy atom. The second-order valence-electron chi connectivity index (χ2n) is 3.52. The second-order valence-corrected chi connectivity index (χ2v) is 4.95. The second kappa shape index (κ2) is 5.85. The highest BCUT2D eigenvalue weighted by molar-refractivity contribution is 7.98. The Labute approximate surface area is 113 Å². The van der Waals surface area contributed by atoms with Crippen LogP contribution in [0, 0.1) is 17.1 Å². The number of nitrogens with zero attached hydrogens (tertiary/aromatic N) is 2. The minimum atomic E-state index is -0.327. The van der Waals surface area contributed by atoms with Gasteiger partial charge in [-0.15, -0.1) is 11.8 Å². The first kappa shape index (κ1) is 12.9. The van der Waals surface area contributed by atoms with Gasteiger partial charge < -0.3 is 0 Å². The molecule has 18 heavy (non-hydrogen) atoms. The van der Waals surface area contributed by atoms with Crippen LogP contribution in [-0.4, -0.2) is 4.98 Å². The maximum atomic E-state index is 13.5. The predicted molar refractivity (Wildman–Crippen MR) is 69.9 cm³/mol. The van der Waals surface area contributed by atoms with Gasteiger partial charge in [-0.05, 0) is 29.8 Å². The Bertz CT molecular complexity index is 610. The van der Waals surface area contributed by atoms with Crippen LogP contribution in [0.2, 0.25) is 5.02 Å². The Kier molecular flexibility index (Phi) is 4.19. The Morgan fingerprint density at radius 3 is 2.89 bits per heavy atom. The van der Waals surface area contributed by atoms with E-state index in [4.69, 9.17) is 16.9 Å².